The molecule has 0 spiro atoms. The van der Waals surface area contributed by atoms with Crippen molar-refractivity contribution in [1.82, 2.24) is 15.4 Å². The lowest BCUT2D eigenvalue weighted by molar-refractivity contribution is -0.142. The van der Waals surface area contributed by atoms with Crippen LogP contribution in [0, 0.1) is 5.41 Å². The van der Waals surface area contributed by atoms with Crippen LogP contribution in [-0.4, -0.2) is 42.8 Å². The van der Waals surface area contributed by atoms with Crippen molar-refractivity contribution in [2.24, 2.45) is 0 Å². The van der Waals surface area contributed by atoms with E-state index in [1.807, 2.05) is 18.2 Å². The molecule has 1 amide bonds. The molecule has 0 bridgehead atoms. The van der Waals surface area contributed by atoms with Gasteiger partial charge in [-0.15, -0.1) is 0 Å². The number of carbonyl (C=O) groups excluding carboxylic acids is 2. The highest BCUT2D eigenvalue weighted by atomic mass is 32.2. The minimum Gasteiger partial charge on any atom is -0.468 e. The van der Waals surface area contributed by atoms with Gasteiger partial charge in [0.25, 0.3) is 11.9 Å². The first-order valence-electron chi connectivity index (χ1n) is 13.0. The predicted molar refractivity (Wildman–Crippen MR) is 166 cm³/mol. The third-order valence-electron chi connectivity index (χ3n) is 5.88. The smallest absolute Gasteiger partial charge is 0.420 e. The second kappa shape index (κ2) is 14.5. The number of hydrogen-bond donors (Lipinski definition) is 4. The highest BCUT2D eigenvalue weighted by Gasteiger charge is 2.32. The number of anilines is 1. The van der Waals surface area contributed by atoms with E-state index in [1.54, 1.807) is 73.9 Å². The fourth-order valence-corrected chi connectivity index (χ4v) is 6.44. The van der Waals surface area contributed by atoms with Crippen LogP contribution >= 0.6 is 19.4 Å². The van der Waals surface area contributed by atoms with Gasteiger partial charge in [0.2, 0.25) is 0 Å². The van der Waals surface area contributed by atoms with Crippen molar-refractivity contribution in [2.75, 3.05) is 19.2 Å². The summed E-state index contributed by atoms with van der Waals surface area (Å²) in [5.74, 6) is -0.958. The van der Waals surface area contributed by atoms with E-state index in [0.29, 0.717) is 26.6 Å². The number of furan rings is 1. The van der Waals surface area contributed by atoms with Crippen LogP contribution in [0.4, 0.5) is 5.69 Å². The Morgan fingerprint density at radius 1 is 1.07 bits per heavy atom. The minimum absolute atomic E-state index is 0.0582. The molecule has 13 heteroatoms. The van der Waals surface area contributed by atoms with Crippen molar-refractivity contribution in [3.05, 3.63) is 108 Å². The van der Waals surface area contributed by atoms with Gasteiger partial charge in [0.15, 0.2) is 0 Å². The molecule has 0 radical (unpaired) electrons. The van der Waals surface area contributed by atoms with Crippen molar-refractivity contribution < 1.29 is 27.8 Å². The lowest BCUT2D eigenvalue weighted by Gasteiger charge is -2.24. The third-order valence-corrected chi connectivity index (χ3v) is 8.64. The van der Waals surface area contributed by atoms with Gasteiger partial charge in [-0.05, 0) is 67.6 Å². The standard InChI is InChI=1S/C30H30N5O6PS/c1-20(30(37)39-3)34-42(38,41-28-12-8-18-40-28)35-26-19-22(43-27-11-5-4-10-24(27)29(36)32-2)14-15-23(26)25(31)16-13-21-9-6-7-17-33-21/h4-20,31H,1-3H3,(H,32,36)(H2,34,35,38)/b16-13+,31-25?. The maximum Gasteiger partial charge on any atom is 0.420 e. The maximum absolute atomic E-state index is 14.2. The summed E-state index contributed by atoms with van der Waals surface area (Å²) in [6.45, 7) is 1.48. The van der Waals surface area contributed by atoms with Gasteiger partial charge in [-0.2, -0.15) is 0 Å². The Kier molecular flexibility index (Phi) is 10.6. The molecular weight excluding hydrogens is 589 g/mol. The van der Waals surface area contributed by atoms with Gasteiger partial charge in [-0.25, -0.2) is 9.65 Å². The highest BCUT2D eigenvalue weighted by Crippen LogP contribution is 2.46. The molecule has 11 nitrogen and oxygen atoms in total. The summed E-state index contributed by atoms with van der Waals surface area (Å²) >= 11 is 1.31. The number of ether oxygens (including phenoxy) is 1. The molecule has 222 valence electrons. The highest BCUT2D eigenvalue weighted by molar-refractivity contribution is 7.99. The molecule has 4 N–H and O–H groups in total. The molecule has 2 heterocycles. The fourth-order valence-electron chi connectivity index (χ4n) is 3.82. The number of aromatic nitrogens is 1. The van der Waals surface area contributed by atoms with Gasteiger partial charge >= 0.3 is 13.6 Å². The zero-order valence-corrected chi connectivity index (χ0v) is 25.3. The second-order valence-electron chi connectivity index (χ2n) is 8.95. The number of carbonyl (C=O) groups is 2. The number of nitrogens with one attached hydrogen (secondary N) is 4. The van der Waals surface area contributed by atoms with Gasteiger partial charge in [0, 0.05) is 34.7 Å². The molecule has 2 aromatic heterocycles. The van der Waals surface area contributed by atoms with E-state index in [9.17, 15) is 14.2 Å². The number of pyridine rings is 1. The van der Waals surface area contributed by atoms with E-state index in [-0.39, 0.29) is 23.3 Å². The minimum atomic E-state index is -4.13. The van der Waals surface area contributed by atoms with Gasteiger partial charge < -0.3 is 24.4 Å². The normalized spacial score (nSPS) is 13.1. The summed E-state index contributed by atoms with van der Waals surface area (Å²) in [5, 5.41) is 17.0. The van der Waals surface area contributed by atoms with Crippen LogP contribution in [0.25, 0.3) is 6.08 Å². The molecule has 4 aromatic rings. The first kappa shape index (κ1) is 31.3. The molecule has 2 unspecified atom stereocenters. The molecule has 0 aliphatic rings. The van der Waals surface area contributed by atoms with E-state index in [4.69, 9.17) is 19.1 Å². The Balaban J connectivity index is 1.75. The number of hydrogen-bond acceptors (Lipinski definition) is 9. The first-order valence-corrected chi connectivity index (χ1v) is 15.4. The Morgan fingerprint density at radius 3 is 2.56 bits per heavy atom. The molecule has 2 aromatic carbocycles. The summed E-state index contributed by atoms with van der Waals surface area (Å²) in [4.78, 5) is 30.3. The Morgan fingerprint density at radius 2 is 1.86 bits per heavy atom. The summed E-state index contributed by atoms with van der Waals surface area (Å²) < 4.78 is 30.0. The molecule has 0 aliphatic carbocycles. The zero-order chi connectivity index (χ0) is 30.8. The van der Waals surface area contributed by atoms with Crippen molar-refractivity contribution in [3.8, 4) is 5.95 Å². The van der Waals surface area contributed by atoms with E-state index in [0.717, 1.165) is 0 Å². The molecular formula is C30H30N5O6PS. The van der Waals surface area contributed by atoms with Crippen LogP contribution in [0.3, 0.4) is 0 Å². The van der Waals surface area contributed by atoms with Crippen molar-refractivity contribution in [1.29, 1.82) is 5.41 Å². The number of methoxy groups -OCH3 is 1. The molecule has 2 atom stereocenters. The Hall–Kier alpha value is -4.64. The summed E-state index contributed by atoms with van der Waals surface area (Å²) in [6.07, 6.45) is 6.26. The average molecular weight is 620 g/mol. The molecule has 0 fully saturated rings. The van der Waals surface area contributed by atoms with Gasteiger partial charge in [0.1, 0.15) is 6.04 Å². The topological polar surface area (TPSA) is 156 Å². The van der Waals surface area contributed by atoms with Crippen molar-refractivity contribution in [3.63, 3.8) is 0 Å². The van der Waals surface area contributed by atoms with Gasteiger partial charge in [0.05, 0.1) is 36.0 Å². The van der Waals surface area contributed by atoms with E-state index in [1.165, 1.54) is 38.1 Å². The summed E-state index contributed by atoms with van der Waals surface area (Å²) in [5.41, 5.74) is 1.87. The van der Waals surface area contributed by atoms with Crippen LogP contribution in [0.2, 0.25) is 0 Å². The SMILES string of the molecule is CNC(=O)c1ccccc1Sc1ccc(C(=N)/C=C/c2ccccn2)c(NP(=O)(NC(C)C(=O)OC)Oc2ccco2)c1. The quantitative estimate of drug-likeness (QED) is 0.0793. The van der Waals surface area contributed by atoms with Crippen LogP contribution in [0.15, 0.2) is 106 Å². The monoisotopic (exact) mass is 619 g/mol. The van der Waals surface area contributed by atoms with Crippen LogP contribution in [0.1, 0.15) is 28.5 Å². The summed E-state index contributed by atoms with van der Waals surface area (Å²) in [7, 11) is -1.35. The fraction of sp³-hybridized carbons (Fsp3) is 0.133. The number of esters is 1. The number of amides is 1. The van der Waals surface area contributed by atoms with Crippen LogP contribution < -0.4 is 20.0 Å². The maximum atomic E-state index is 14.2. The lowest BCUT2D eigenvalue weighted by Crippen LogP contribution is -2.35. The lowest BCUT2D eigenvalue weighted by atomic mass is 10.1. The third kappa shape index (κ3) is 8.45. The Labute approximate surface area is 253 Å². The molecule has 4 rings (SSSR count). The average Bonchev–Trinajstić information content (AvgIpc) is 3.52. The van der Waals surface area contributed by atoms with Crippen LogP contribution in [0.5, 0.6) is 5.95 Å². The van der Waals surface area contributed by atoms with E-state index < -0.39 is 19.7 Å². The van der Waals surface area contributed by atoms with Crippen molar-refractivity contribution >= 4 is 48.8 Å². The second-order valence-corrected chi connectivity index (χ2v) is 11.8. The largest absolute Gasteiger partial charge is 0.468 e. The van der Waals surface area contributed by atoms with E-state index in [2.05, 4.69) is 20.5 Å². The zero-order valence-electron chi connectivity index (χ0n) is 23.6. The first-order chi connectivity index (χ1) is 20.7. The molecule has 0 saturated carbocycles. The number of benzene rings is 2. The van der Waals surface area contributed by atoms with Gasteiger partial charge in [-0.3, -0.25) is 19.7 Å². The molecule has 0 saturated heterocycles. The number of nitrogens with zero attached hydrogens (tertiary/aromatic N) is 1. The molecule has 43 heavy (non-hydrogen) atoms. The van der Waals surface area contributed by atoms with Gasteiger partial charge in [-0.1, -0.05) is 30.0 Å². The summed E-state index contributed by atoms with van der Waals surface area (Å²) in [6, 6.07) is 19.7. The Bertz CT molecular complexity index is 1660. The number of rotatable bonds is 13. The van der Waals surface area contributed by atoms with E-state index >= 15 is 0 Å². The van der Waals surface area contributed by atoms with Crippen LogP contribution in [-0.2, 0) is 14.1 Å². The van der Waals surface area contributed by atoms with Crippen molar-refractivity contribution in [2.45, 2.75) is 22.8 Å². The number of allylic oxidation sites excluding steroid dienone is 1. The molecule has 0 aliphatic heterocycles. The predicted octanol–water partition coefficient (Wildman–Crippen LogP) is 6.02.